The lowest BCUT2D eigenvalue weighted by atomic mass is 10.1. The van der Waals surface area contributed by atoms with Gasteiger partial charge in [-0.05, 0) is 73.5 Å². The number of anilines is 1. The molecule has 1 fully saturated rings. The molecule has 7 nitrogen and oxygen atoms in total. The third-order valence-electron chi connectivity index (χ3n) is 6.44. The van der Waals surface area contributed by atoms with Crippen molar-refractivity contribution in [3.05, 3.63) is 78.4 Å². The number of aromatic nitrogens is 2. The highest BCUT2D eigenvalue weighted by Gasteiger charge is 2.30. The SMILES string of the molecule is CN(C1CCCC1)S(=O)(=O)c1ccc(C(=O)Nc2ccc(-c3nc4ccccc4[nH]3)cc2)cc1. The highest BCUT2D eigenvalue weighted by molar-refractivity contribution is 7.89. The van der Waals surface area contributed by atoms with Gasteiger partial charge in [-0.1, -0.05) is 25.0 Å². The van der Waals surface area contributed by atoms with E-state index < -0.39 is 10.0 Å². The number of carbonyl (C=O) groups excluding carboxylic acids is 1. The molecule has 0 bridgehead atoms. The molecule has 2 N–H and O–H groups in total. The van der Waals surface area contributed by atoms with E-state index in [0.717, 1.165) is 48.1 Å². The van der Waals surface area contributed by atoms with Gasteiger partial charge in [0.15, 0.2) is 0 Å². The van der Waals surface area contributed by atoms with Crippen molar-refractivity contribution in [2.45, 2.75) is 36.6 Å². The van der Waals surface area contributed by atoms with Crippen LogP contribution in [-0.2, 0) is 10.0 Å². The maximum Gasteiger partial charge on any atom is 0.255 e. The molecule has 0 spiro atoms. The molecular formula is C26H26N4O3S. The fourth-order valence-corrected chi connectivity index (χ4v) is 5.83. The Balaban J connectivity index is 1.27. The highest BCUT2D eigenvalue weighted by Crippen LogP contribution is 2.27. The second-order valence-electron chi connectivity index (χ2n) is 8.62. The molecule has 1 aromatic heterocycles. The van der Waals surface area contributed by atoms with E-state index >= 15 is 0 Å². The number of nitrogens with zero attached hydrogens (tertiary/aromatic N) is 2. The van der Waals surface area contributed by atoms with Gasteiger partial charge in [0.05, 0.1) is 15.9 Å². The van der Waals surface area contributed by atoms with Gasteiger partial charge in [0.1, 0.15) is 5.82 Å². The quantitative estimate of drug-likeness (QED) is 0.409. The maximum atomic E-state index is 12.9. The summed E-state index contributed by atoms with van der Waals surface area (Å²) in [6, 6.07) is 21.4. The van der Waals surface area contributed by atoms with Crippen LogP contribution < -0.4 is 5.32 Å². The minimum absolute atomic E-state index is 0.0514. The summed E-state index contributed by atoms with van der Waals surface area (Å²) in [5.41, 5.74) is 3.81. The Morgan fingerprint density at radius 1 is 0.971 bits per heavy atom. The van der Waals surface area contributed by atoms with Crippen molar-refractivity contribution >= 4 is 32.7 Å². The molecule has 1 saturated carbocycles. The zero-order valence-corrected chi connectivity index (χ0v) is 19.7. The monoisotopic (exact) mass is 474 g/mol. The summed E-state index contributed by atoms with van der Waals surface area (Å²) in [7, 11) is -1.93. The number of benzene rings is 3. The first kappa shape index (κ1) is 22.3. The van der Waals surface area contributed by atoms with Crippen molar-refractivity contribution in [3.63, 3.8) is 0 Å². The Bertz CT molecular complexity index is 1390. The predicted molar refractivity (Wildman–Crippen MR) is 133 cm³/mol. The molecule has 0 unspecified atom stereocenters. The van der Waals surface area contributed by atoms with E-state index in [2.05, 4.69) is 15.3 Å². The molecule has 8 heteroatoms. The fourth-order valence-electron chi connectivity index (χ4n) is 4.41. The Labute approximate surface area is 198 Å². The number of rotatable bonds is 6. The van der Waals surface area contributed by atoms with E-state index in [9.17, 15) is 13.2 Å². The largest absolute Gasteiger partial charge is 0.338 e. The van der Waals surface area contributed by atoms with Crippen molar-refractivity contribution in [1.82, 2.24) is 14.3 Å². The van der Waals surface area contributed by atoms with Gasteiger partial charge in [-0.25, -0.2) is 13.4 Å². The normalized spacial score (nSPS) is 14.6. The van der Waals surface area contributed by atoms with E-state index in [1.54, 1.807) is 19.2 Å². The van der Waals surface area contributed by atoms with Crippen LogP contribution in [0.25, 0.3) is 22.4 Å². The second-order valence-corrected chi connectivity index (χ2v) is 10.6. The van der Waals surface area contributed by atoms with Crippen LogP contribution in [0.15, 0.2) is 77.7 Å². The molecule has 0 saturated heterocycles. The third kappa shape index (κ3) is 4.34. The van der Waals surface area contributed by atoms with Crippen LogP contribution in [-0.4, -0.2) is 41.7 Å². The molecule has 5 rings (SSSR count). The highest BCUT2D eigenvalue weighted by atomic mass is 32.2. The molecule has 1 heterocycles. The first-order chi connectivity index (χ1) is 16.4. The predicted octanol–water partition coefficient (Wildman–Crippen LogP) is 5.05. The number of H-pyrrole nitrogens is 1. The minimum atomic E-state index is -3.57. The van der Waals surface area contributed by atoms with Gasteiger partial charge in [0.25, 0.3) is 5.91 Å². The van der Waals surface area contributed by atoms with Crippen molar-refractivity contribution in [2.75, 3.05) is 12.4 Å². The Morgan fingerprint density at radius 2 is 1.65 bits per heavy atom. The Kier molecular flexibility index (Phi) is 5.93. The number of hydrogen-bond donors (Lipinski definition) is 2. The van der Waals surface area contributed by atoms with Crippen molar-refractivity contribution in [3.8, 4) is 11.4 Å². The van der Waals surface area contributed by atoms with Crippen LogP contribution in [0.1, 0.15) is 36.0 Å². The average Bonchev–Trinajstić information content (AvgIpc) is 3.54. The standard InChI is InChI=1S/C26H26N4O3S/c1-30(21-6-2-3-7-21)34(32,33)22-16-12-19(13-17-22)26(31)27-20-14-10-18(11-15-20)25-28-23-8-4-5-9-24(23)29-25/h4-5,8-17,21H,2-3,6-7H2,1H3,(H,27,31)(H,28,29). The van der Waals surface area contributed by atoms with E-state index in [-0.39, 0.29) is 16.8 Å². The topological polar surface area (TPSA) is 95.2 Å². The molecule has 174 valence electrons. The van der Waals surface area contributed by atoms with Crippen LogP contribution in [0.4, 0.5) is 5.69 Å². The number of para-hydroxylation sites is 2. The van der Waals surface area contributed by atoms with E-state index in [1.807, 2.05) is 48.5 Å². The number of carbonyl (C=O) groups is 1. The van der Waals surface area contributed by atoms with Gasteiger partial charge < -0.3 is 10.3 Å². The van der Waals surface area contributed by atoms with Crippen molar-refractivity contribution in [2.24, 2.45) is 0 Å². The number of fused-ring (bicyclic) bond motifs is 1. The summed E-state index contributed by atoms with van der Waals surface area (Å²) in [4.78, 5) is 20.8. The smallest absolute Gasteiger partial charge is 0.255 e. The molecule has 1 aliphatic carbocycles. The number of amides is 1. The second kappa shape index (κ2) is 9.04. The summed E-state index contributed by atoms with van der Waals surface area (Å²) in [6.07, 6.45) is 3.91. The van der Waals surface area contributed by atoms with Crippen molar-refractivity contribution in [1.29, 1.82) is 0 Å². The summed E-state index contributed by atoms with van der Waals surface area (Å²) in [5, 5.41) is 2.86. The molecule has 1 aliphatic rings. The van der Waals surface area contributed by atoms with E-state index in [0.29, 0.717) is 11.3 Å². The Hall–Kier alpha value is -3.49. The van der Waals surface area contributed by atoms with Crippen LogP contribution in [0.5, 0.6) is 0 Å². The molecule has 0 radical (unpaired) electrons. The van der Waals surface area contributed by atoms with Crippen molar-refractivity contribution < 1.29 is 13.2 Å². The molecule has 0 atom stereocenters. The Morgan fingerprint density at radius 3 is 2.32 bits per heavy atom. The lowest BCUT2D eigenvalue weighted by Crippen LogP contribution is -2.35. The zero-order chi connectivity index (χ0) is 23.7. The molecule has 34 heavy (non-hydrogen) atoms. The number of nitrogens with one attached hydrogen (secondary N) is 2. The van der Waals surface area contributed by atoms with Crippen LogP contribution >= 0.6 is 0 Å². The van der Waals surface area contributed by atoms with Gasteiger partial charge in [0.2, 0.25) is 10.0 Å². The van der Waals surface area contributed by atoms with Gasteiger partial charge in [-0.15, -0.1) is 0 Å². The number of aromatic amines is 1. The number of hydrogen-bond acceptors (Lipinski definition) is 4. The first-order valence-electron chi connectivity index (χ1n) is 11.4. The van der Waals surface area contributed by atoms with Gasteiger partial charge >= 0.3 is 0 Å². The first-order valence-corrected chi connectivity index (χ1v) is 12.8. The molecule has 3 aromatic carbocycles. The summed E-state index contributed by atoms with van der Waals surface area (Å²) >= 11 is 0. The van der Waals surface area contributed by atoms with Crippen LogP contribution in [0.2, 0.25) is 0 Å². The van der Waals surface area contributed by atoms with Gasteiger partial charge in [-0.2, -0.15) is 4.31 Å². The van der Waals surface area contributed by atoms with E-state index in [4.69, 9.17) is 0 Å². The summed E-state index contributed by atoms with van der Waals surface area (Å²) in [5.74, 6) is 0.461. The minimum Gasteiger partial charge on any atom is -0.338 e. The maximum absolute atomic E-state index is 12.9. The average molecular weight is 475 g/mol. The molecule has 0 aliphatic heterocycles. The van der Waals surface area contributed by atoms with Gasteiger partial charge in [0, 0.05) is 29.9 Å². The van der Waals surface area contributed by atoms with Crippen LogP contribution in [0, 0.1) is 0 Å². The zero-order valence-electron chi connectivity index (χ0n) is 18.9. The number of imidazole rings is 1. The summed E-state index contributed by atoms with van der Waals surface area (Å²) in [6.45, 7) is 0. The molecule has 1 amide bonds. The van der Waals surface area contributed by atoms with Crippen LogP contribution in [0.3, 0.4) is 0 Å². The van der Waals surface area contributed by atoms with Gasteiger partial charge in [-0.3, -0.25) is 4.79 Å². The molecule has 4 aromatic rings. The lowest BCUT2D eigenvalue weighted by molar-refractivity contribution is 0.102. The number of sulfonamides is 1. The molecular weight excluding hydrogens is 448 g/mol. The third-order valence-corrected chi connectivity index (χ3v) is 8.36. The van der Waals surface area contributed by atoms with E-state index in [1.165, 1.54) is 16.4 Å². The fraction of sp³-hybridized carbons (Fsp3) is 0.231. The summed E-state index contributed by atoms with van der Waals surface area (Å²) < 4.78 is 27.3. The lowest BCUT2D eigenvalue weighted by Gasteiger charge is -2.23.